The minimum atomic E-state index is -0.162. The molecule has 1 saturated carbocycles. The molecule has 0 amide bonds. The van der Waals surface area contributed by atoms with Crippen LogP contribution < -0.4 is 10.1 Å². The zero-order chi connectivity index (χ0) is 12.3. The number of hydrogen-bond acceptors (Lipinski definition) is 2. The van der Waals surface area contributed by atoms with Gasteiger partial charge in [0, 0.05) is 11.6 Å². The van der Waals surface area contributed by atoms with Gasteiger partial charge in [0.25, 0.3) is 0 Å². The second-order valence-electron chi connectivity index (χ2n) is 4.62. The quantitative estimate of drug-likeness (QED) is 0.819. The van der Waals surface area contributed by atoms with Crippen LogP contribution in [0.2, 0.25) is 0 Å². The van der Waals surface area contributed by atoms with Crippen LogP contribution in [0.1, 0.15) is 37.8 Å². The van der Waals surface area contributed by atoms with Gasteiger partial charge in [-0.15, -0.1) is 0 Å². The van der Waals surface area contributed by atoms with Crippen molar-refractivity contribution in [2.75, 3.05) is 13.7 Å². The fourth-order valence-electron chi connectivity index (χ4n) is 2.23. The summed E-state index contributed by atoms with van der Waals surface area (Å²) >= 11 is 0. The van der Waals surface area contributed by atoms with E-state index in [9.17, 15) is 4.39 Å². The second-order valence-corrected chi connectivity index (χ2v) is 4.62. The summed E-state index contributed by atoms with van der Waals surface area (Å²) in [7, 11) is 1.60. The molecule has 0 heterocycles. The van der Waals surface area contributed by atoms with Gasteiger partial charge in [-0.2, -0.15) is 0 Å². The summed E-state index contributed by atoms with van der Waals surface area (Å²) in [5.74, 6) is 1.06. The molecule has 1 fully saturated rings. The normalized spacial score (nSPS) is 16.9. The summed E-state index contributed by atoms with van der Waals surface area (Å²) in [6.07, 6.45) is 3.41. The molecule has 1 N–H and O–H groups in total. The molecular weight excluding hydrogens is 217 g/mol. The third-order valence-electron chi connectivity index (χ3n) is 3.25. The van der Waals surface area contributed by atoms with Crippen LogP contribution in [-0.2, 0) is 0 Å². The molecule has 1 aromatic carbocycles. The summed E-state index contributed by atoms with van der Waals surface area (Å²) in [6.45, 7) is 3.04. The van der Waals surface area contributed by atoms with E-state index in [0.717, 1.165) is 13.0 Å². The van der Waals surface area contributed by atoms with Crippen molar-refractivity contribution in [3.8, 4) is 5.75 Å². The Morgan fingerprint density at radius 2 is 2.24 bits per heavy atom. The van der Waals surface area contributed by atoms with E-state index in [-0.39, 0.29) is 11.9 Å². The van der Waals surface area contributed by atoms with Crippen molar-refractivity contribution in [2.45, 2.75) is 32.2 Å². The van der Waals surface area contributed by atoms with Gasteiger partial charge in [0.05, 0.1) is 7.11 Å². The molecule has 1 aromatic rings. The van der Waals surface area contributed by atoms with E-state index in [1.54, 1.807) is 13.2 Å². The van der Waals surface area contributed by atoms with Gasteiger partial charge in [-0.05, 0) is 43.9 Å². The number of ether oxygens (including phenoxy) is 1. The molecule has 1 aliphatic carbocycles. The highest BCUT2D eigenvalue weighted by atomic mass is 19.1. The van der Waals surface area contributed by atoms with Gasteiger partial charge in [-0.1, -0.05) is 13.0 Å². The summed E-state index contributed by atoms with van der Waals surface area (Å²) in [5.41, 5.74) is 0.700. The molecule has 0 radical (unpaired) electrons. The van der Waals surface area contributed by atoms with Crippen molar-refractivity contribution in [1.29, 1.82) is 0 Å². The first-order valence-electron chi connectivity index (χ1n) is 6.33. The Labute approximate surface area is 102 Å². The average Bonchev–Trinajstić information content (AvgIpc) is 3.15. The Hall–Kier alpha value is -1.09. The van der Waals surface area contributed by atoms with Crippen LogP contribution in [0, 0.1) is 11.7 Å². The van der Waals surface area contributed by atoms with Gasteiger partial charge in [0.15, 0.2) is 0 Å². The molecule has 94 valence electrons. The molecule has 1 aliphatic rings. The highest BCUT2D eigenvalue weighted by molar-refractivity contribution is 5.38. The first-order chi connectivity index (χ1) is 8.27. The molecule has 0 saturated heterocycles. The fourth-order valence-corrected chi connectivity index (χ4v) is 2.23. The predicted octanol–water partition coefficient (Wildman–Crippen LogP) is 3.29. The molecule has 1 atom stereocenters. The van der Waals surface area contributed by atoms with Crippen LogP contribution in [0.3, 0.4) is 0 Å². The van der Waals surface area contributed by atoms with E-state index in [0.29, 0.717) is 17.2 Å². The largest absolute Gasteiger partial charge is 0.496 e. The van der Waals surface area contributed by atoms with Crippen molar-refractivity contribution < 1.29 is 9.13 Å². The van der Waals surface area contributed by atoms with Crippen molar-refractivity contribution in [3.63, 3.8) is 0 Å². The number of benzene rings is 1. The van der Waals surface area contributed by atoms with Crippen molar-refractivity contribution in [2.24, 2.45) is 5.92 Å². The van der Waals surface area contributed by atoms with E-state index in [1.807, 2.05) is 6.07 Å². The maximum absolute atomic E-state index is 14.0. The van der Waals surface area contributed by atoms with Gasteiger partial charge < -0.3 is 10.1 Å². The Bertz CT molecular complexity index is 376. The summed E-state index contributed by atoms with van der Waals surface area (Å²) < 4.78 is 19.3. The number of halogens is 1. The van der Waals surface area contributed by atoms with E-state index < -0.39 is 0 Å². The van der Waals surface area contributed by atoms with Crippen LogP contribution in [0.5, 0.6) is 5.75 Å². The lowest BCUT2D eigenvalue weighted by Gasteiger charge is -2.21. The van der Waals surface area contributed by atoms with Gasteiger partial charge in [-0.3, -0.25) is 0 Å². The number of nitrogens with one attached hydrogen (secondary N) is 1. The zero-order valence-electron chi connectivity index (χ0n) is 10.5. The molecule has 0 bridgehead atoms. The lowest BCUT2D eigenvalue weighted by molar-refractivity contribution is 0.380. The van der Waals surface area contributed by atoms with Gasteiger partial charge in [-0.25, -0.2) is 4.39 Å². The van der Waals surface area contributed by atoms with Gasteiger partial charge in [0.2, 0.25) is 0 Å². The Kier molecular flexibility index (Phi) is 4.00. The highest BCUT2D eigenvalue weighted by Gasteiger charge is 2.35. The maximum atomic E-state index is 14.0. The summed E-state index contributed by atoms with van der Waals surface area (Å²) in [6, 6.07) is 5.15. The topological polar surface area (TPSA) is 21.3 Å². The molecule has 3 heteroatoms. The lowest BCUT2D eigenvalue weighted by Crippen LogP contribution is -2.25. The van der Waals surface area contributed by atoms with Crippen LogP contribution >= 0.6 is 0 Å². The van der Waals surface area contributed by atoms with Crippen LogP contribution in [0.15, 0.2) is 18.2 Å². The molecule has 0 aromatic heterocycles. The second kappa shape index (κ2) is 5.50. The number of rotatable bonds is 6. The number of methoxy groups -OCH3 is 1. The predicted molar refractivity (Wildman–Crippen MR) is 66.7 cm³/mol. The van der Waals surface area contributed by atoms with Crippen LogP contribution in [0.4, 0.5) is 4.39 Å². The standard InChI is InChI=1S/C14H20FNO/c1-3-9-16-14(10-7-8-10)13-11(15)5-4-6-12(13)17-2/h4-6,10,14,16H,3,7-9H2,1-2H3. The molecule has 2 rings (SSSR count). The first kappa shape index (κ1) is 12.4. The molecule has 1 unspecified atom stereocenters. The molecular formula is C14H20FNO. The molecule has 0 aliphatic heterocycles. The summed E-state index contributed by atoms with van der Waals surface area (Å²) in [4.78, 5) is 0. The van der Waals surface area contributed by atoms with E-state index in [1.165, 1.54) is 18.9 Å². The van der Waals surface area contributed by atoms with Crippen LogP contribution in [-0.4, -0.2) is 13.7 Å². The first-order valence-corrected chi connectivity index (χ1v) is 6.33. The highest BCUT2D eigenvalue weighted by Crippen LogP contribution is 2.44. The third-order valence-corrected chi connectivity index (χ3v) is 3.25. The van der Waals surface area contributed by atoms with E-state index >= 15 is 0 Å². The van der Waals surface area contributed by atoms with E-state index in [2.05, 4.69) is 12.2 Å². The third kappa shape index (κ3) is 2.78. The smallest absolute Gasteiger partial charge is 0.131 e. The van der Waals surface area contributed by atoms with Gasteiger partial charge in [0.1, 0.15) is 11.6 Å². The van der Waals surface area contributed by atoms with E-state index in [4.69, 9.17) is 4.74 Å². The zero-order valence-corrected chi connectivity index (χ0v) is 10.5. The average molecular weight is 237 g/mol. The molecule has 17 heavy (non-hydrogen) atoms. The Morgan fingerprint density at radius 3 is 2.82 bits per heavy atom. The number of hydrogen-bond donors (Lipinski definition) is 1. The van der Waals surface area contributed by atoms with Crippen molar-refractivity contribution in [1.82, 2.24) is 5.32 Å². The minimum absolute atomic E-state index is 0.103. The Morgan fingerprint density at radius 1 is 1.47 bits per heavy atom. The monoisotopic (exact) mass is 237 g/mol. The SMILES string of the molecule is CCCNC(c1c(F)cccc1OC)C1CC1. The fraction of sp³-hybridized carbons (Fsp3) is 0.571. The van der Waals surface area contributed by atoms with Crippen molar-refractivity contribution >= 4 is 0 Å². The van der Waals surface area contributed by atoms with Crippen LogP contribution in [0.25, 0.3) is 0 Å². The minimum Gasteiger partial charge on any atom is -0.496 e. The molecule has 2 nitrogen and oxygen atoms in total. The lowest BCUT2D eigenvalue weighted by atomic mass is 10.0. The maximum Gasteiger partial charge on any atom is 0.131 e. The Balaban J connectivity index is 2.27. The van der Waals surface area contributed by atoms with Crippen molar-refractivity contribution in [3.05, 3.63) is 29.6 Å². The van der Waals surface area contributed by atoms with Gasteiger partial charge >= 0.3 is 0 Å². The molecule has 0 spiro atoms. The summed E-state index contributed by atoms with van der Waals surface area (Å²) in [5, 5.41) is 3.44.